The largest absolute Gasteiger partial charge is 0.508 e. The second kappa shape index (κ2) is 5.47. The van der Waals surface area contributed by atoms with E-state index in [1.54, 1.807) is 6.07 Å². The van der Waals surface area contributed by atoms with Gasteiger partial charge < -0.3 is 14.4 Å². The zero-order chi connectivity index (χ0) is 15.8. The molecule has 23 heavy (non-hydrogen) atoms. The van der Waals surface area contributed by atoms with Gasteiger partial charge in [-0.25, -0.2) is 0 Å². The van der Waals surface area contributed by atoms with Gasteiger partial charge in [0.2, 0.25) is 0 Å². The van der Waals surface area contributed by atoms with Crippen LogP contribution in [0.5, 0.6) is 5.75 Å². The Hall–Kier alpha value is -2.75. The van der Waals surface area contributed by atoms with Crippen LogP contribution in [0.25, 0.3) is 22.1 Å². The zero-order valence-corrected chi connectivity index (χ0v) is 12.7. The lowest BCUT2D eigenvalue weighted by Crippen LogP contribution is -2.17. The molecule has 4 rings (SSSR count). The third-order valence-corrected chi connectivity index (χ3v) is 4.41. The van der Waals surface area contributed by atoms with Gasteiger partial charge in [-0.2, -0.15) is 0 Å². The molecule has 1 N–H and O–H groups in total. The van der Waals surface area contributed by atoms with Crippen molar-refractivity contribution in [1.82, 2.24) is 0 Å². The first-order valence-electron chi connectivity index (χ1n) is 7.82. The number of fused-ring (bicyclic) bond motifs is 1. The van der Waals surface area contributed by atoms with Crippen LogP contribution in [-0.4, -0.2) is 18.2 Å². The minimum absolute atomic E-state index is 0.0832. The molecule has 0 spiro atoms. The van der Waals surface area contributed by atoms with Crippen LogP contribution >= 0.6 is 0 Å². The number of phenols is 1. The number of phenolic OH excluding ortho intramolecular Hbond substituents is 1. The van der Waals surface area contributed by atoms with Gasteiger partial charge in [-0.05, 0) is 42.7 Å². The molecular formula is C19H17NO3. The summed E-state index contributed by atoms with van der Waals surface area (Å²) in [6.07, 6.45) is 3.95. The van der Waals surface area contributed by atoms with Crippen molar-refractivity contribution in [2.75, 3.05) is 18.0 Å². The van der Waals surface area contributed by atoms with E-state index in [-0.39, 0.29) is 11.2 Å². The van der Waals surface area contributed by atoms with Gasteiger partial charge >= 0.3 is 0 Å². The lowest BCUT2D eigenvalue weighted by Gasteiger charge is -2.17. The molecule has 0 saturated carbocycles. The van der Waals surface area contributed by atoms with E-state index < -0.39 is 0 Å². The third kappa shape index (κ3) is 2.46. The number of hydrogen-bond donors (Lipinski definition) is 1. The summed E-state index contributed by atoms with van der Waals surface area (Å²) in [5.74, 6) is 0.0865. The molecule has 0 atom stereocenters. The Kier molecular flexibility index (Phi) is 3.30. The van der Waals surface area contributed by atoms with Crippen molar-refractivity contribution in [3.63, 3.8) is 0 Å². The second-order valence-corrected chi connectivity index (χ2v) is 5.90. The summed E-state index contributed by atoms with van der Waals surface area (Å²) < 4.78 is 5.52. The van der Waals surface area contributed by atoms with Crippen LogP contribution in [0.15, 0.2) is 57.9 Å². The maximum atomic E-state index is 12.6. The molecule has 1 saturated heterocycles. The summed E-state index contributed by atoms with van der Waals surface area (Å²) in [6.45, 7) is 2.20. The molecule has 4 nitrogen and oxygen atoms in total. The summed E-state index contributed by atoms with van der Waals surface area (Å²) in [6, 6.07) is 12.6. The molecule has 1 aliphatic rings. The zero-order valence-electron chi connectivity index (χ0n) is 12.7. The van der Waals surface area contributed by atoms with E-state index >= 15 is 0 Å². The van der Waals surface area contributed by atoms with E-state index in [1.165, 1.54) is 36.9 Å². The molecule has 4 heteroatoms. The number of nitrogens with zero attached hydrogens (tertiary/aromatic N) is 1. The Labute approximate surface area is 133 Å². The molecule has 2 aromatic carbocycles. The predicted octanol–water partition coefficient (Wildman–Crippen LogP) is 3.77. The van der Waals surface area contributed by atoms with Crippen LogP contribution in [0.2, 0.25) is 0 Å². The standard InChI is InChI=1S/C19H17NO3/c21-15-7-8-16-18(11-15)23-12-17(19(16)22)13-3-5-14(6-4-13)20-9-1-2-10-20/h3-8,11-12,21H,1-2,9-10H2. The maximum Gasteiger partial charge on any atom is 0.200 e. The predicted molar refractivity (Wildman–Crippen MR) is 91.0 cm³/mol. The van der Waals surface area contributed by atoms with E-state index in [9.17, 15) is 9.90 Å². The van der Waals surface area contributed by atoms with Gasteiger partial charge in [0.25, 0.3) is 0 Å². The molecule has 1 fully saturated rings. The van der Waals surface area contributed by atoms with Crippen LogP contribution in [0.4, 0.5) is 5.69 Å². The summed E-state index contributed by atoms with van der Waals surface area (Å²) >= 11 is 0. The van der Waals surface area contributed by atoms with Crippen LogP contribution < -0.4 is 10.3 Å². The SMILES string of the molecule is O=c1c(-c2ccc(N3CCCC3)cc2)coc2cc(O)ccc12. The fourth-order valence-electron chi connectivity index (χ4n) is 3.14. The van der Waals surface area contributed by atoms with Gasteiger partial charge in [0.15, 0.2) is 5.43 Å². The number of rotatable bonds is 2. The Bertz CT molecular complexity index is 906. The van der Waals surface area contributed by atoms with Crippen molar-refractivity contribution in [1.29, 1.82) is 0 Å². The molecular weight excluding hydrogens is 290 g/mol. The highest BCUT2D eigenvalue weighted by atomic mass is 16.3. The molecule has 3 aromatic rings. The lowest BCUT2D eigenvalue weighted by atomic mass is 10.0. The topological polar surface area (TPSA) is 53.7 Å². The molecule has 0 aliphatic carbocycles. The van der Waals surface area contributed by atoms with Crippen molar-refractivity contribution < 1.29 is 9.52 Å². The Morgan fingerprint density at radius 2 is 1.74 bits per heavy atom. The number of anilines is 1. The first-order valence-corrected chi connectivity index (χ1v) is 7.82. The van der Waals surface area contributed by atoms with Gasteiger partial charge in [0, 0.05) is 24.8 Å². The highest BCUT2D eigenvalue weighted by Crippen LogP contribution is 2.26. The number of benzene rings is 2. The monoisotopic (exact) mass is 307 g/mol. The third-order valence-electron chi connectivity index (χ3n) is 4.41. The summed E-state index contributed by atoms with van der Waals surface area (Å²) in [5, 5.41) is 9.95. The van der Waals surface area contributed by atoms with E-state index in [0.29, 0.717) is 16.5 Å². The first-order chi connectivity index (χ1) is 11.2. The van der Waals surface area contributed by atoms with Crippen LogP contribution in [-0.2, 0) is 0 Å². The van der Waals surface area contributed by atoms with E-state index in [0.717, 1.165) is 18.7 Å². The second-order valence-electron chi connectivity index (χ2n) is 5.90. The van der Waals surface area contributed by atoms with Crippen LogP contribution in [0, 0.1) is 0 Å². The molecule has 2 heterocycles. The minimum atomic E-state index is -0.0832. The molecule has 0 radical (unpaired) electrons. The summed E-state index contributed by atoms with van der Waals surface area (Å²) in [5.41, 5.74) is 2.89. The van der Waals surface area contributed by atoms with E-state index in [2.05, 4.69) is 17.0 Å². The average molecular weight is 307 g/mol. The average Bonchev–Trinajstić information content (AvgIpc) is 3.10. The quantitative estimate of drug-likeness (QED) is 0.783. The Balaban J connectivity index is 1.75. The van der Waals surface area contributed by atoms with Crippen molar-refractivity contribution >= 4 is 16.7 Å². The number of hydrogen-bond acceptors (Lipinski definition) is 4. The summed E-state index contributed by atoms with van der Waals surface area (Å²) in [7, 11) is 0. The first kappa shape index (κ1) is 13.9. The molecule has 116 valence electrons. The molecule has 0 unspecified atom stereocenters. The Morgan fingerprint density at radius 1 is 1.00 bits per heavy atom. The minimum Gasteiger partial charge on any atom is -0.508 e. The highest BCUT2D eigenvalue weighted by molar-refractivity contribution is 5.82. The van der Waals surface area contributed by atoms with Crippen LogP contribution in [0.3, 0.4) is 0 Å². The molecule has 0 amide bonds. The maximum absolute atomic E-state index is 12.6. The highest BCUT2D eigenvalue weighted by Gasteiger charge is 2.13. The van der Waals surface area contributed by atoms with Gasteiger partial charge in [-0.15, -0.1) is 0 Å². The fourth-order valence-corrected chi connectivity index (χ4v) is 3.14. The van der Waals surface area contributed by atoms with Crippen molar-refractivity contribution in [2.45, 2.75) is 12.8 Å². The normalized spacial score (nSPS) is 14.5. The van der Waals surface area contributed by atoms with Crippen LogP contribution in [0.1, 0.15) is 12.8 Å². The van der Waals surface area contributed by atoms with E-state index in [1.807, 2.05) is 12.1 Å². The van der Waals surface area contributed by atoms with Gasteiger partial charge in [0.05, 0.1) is 10.9 Å². The molecule has 0 bridgehead atoms. The molecule has 1 aliphatic heterocycles. The lowest BCUT2D eigenvalue weighted by molar-refractivity contribution is 0.474. The fraction of sp³-hybridized carbons (Fsp3) is 0.211. The van der Waals surface area contributed by atoms with Crippen molar-refractivity contribution in [3.05, 3.63) is 59.0 Å². The van der Waals surface area contributed by atoms with Crippen molar-refractivity contribution in [2.24, 2.45) is 0 Å². The smallest absolute Gasteiger partial charge is 0.200 e. The number of aromatic hydroxyl groups is 1. The Morgan fingerprint density at radius 3 is 2.48 bits per heavy atom. The van der Waals surface area contributed by atoms with Crippen molar-refractivity contribution in [3.8, 4) is 16.9 Å². The van der Waals surface area contributed by atoms with Gasteiger partial charge in [-0.1, -0.05) is 12.1 Å². The van der Waals surface area contributed by atoms with E-state index in [4.69, 9.17) is 4.42 Å². The molecule has 1 aromatic heterocycles. The summed E-state index contributed by atoms with van der Waals surface area (Å²) in [4.78, 5) is 15.0. The van der Waals surface area contributed by atoms with Gasteiger partial charge in [0.1, 0.15) is 17.6 Å². The van der Waals surface area contributed by atoms with Gasteiger partial charge in [-0.3, -0.25) is 4.79 Å².